The lowest BCUT2D eigenvalue weighted by molar-refractivity contribution is -0.274. The molecule has 0 fully saturated rings. The molecular formula is C27H21F9N2O5S. The van der Waals surface area contributed by atoms with Crippen LogP contribution in [0.2, 0.25) is 0 Å². The van der Waals surface area contributed by atoms with E-state index in [0.29, 0.717) is 18.5 Å². The molecule has 3 aromatic rings. The van der Waals surface area contributed by atoms with Crippen molar-refractivity contribution in [1.29, 1.82) is 0 Å². The molecule has 0 heterocycles. The third kappa shape index (κ3) is 10.6. The molecule has 0 aliphatic rings. The van der Waals surface area contributed by atoms with E-state index in [1.807, 2.05) is 0 Å². The zero-order valence-electron chi connectivity index (χ0n) is 22.3. The molecule has 0 amide bonds. The Balaban J connectivity index is 1.49. The highest BCUT2D eigenvalue weighted by Gasteiger charge is 2.39. The van der Waals surface area contributed by atoms with Gasteiger partial charge in [0.15, 0.2) is 11.4 Å². The van der Waals surface area contributed by atoms with E-state index in [1.54, 1.807) is 0 Å². The van der Waals surface area contributed by atoms with E-state index in [-0.39, 0.29) is 40.7 Å². The highest BCUT2D eigenvalue weighted by atomic mass is 32.2. The molecule has 0 bridgehead atoms. The molecule has 0 unspecified atom stereocenters. The normalized spacial score (nSPS) is 13.0. The maximum Gasteiger partial charge on any atom is 0.437 e. The lowest BCUT2D eigenvalue weighted by atomic mass is 10.1. The number of alkyl halides is 9. The second kappa shape index (κ2) is 15.1. The highest BCUT2D eigenvalue weighted by molar-refractivity contribution is 7.94. The summed E-state index contributed by atoms with van der Waals surface area (Å²) in [6.07, 6.45) is -13.9. The zero-order chi connectivity index (χ0) is 32.4. The second-order valence-electron chi connectivity index (χ2n) is 8.40. The minimum absolute atomic E-state index is 0.101. The smallest absolute Gasteiger partial charge is 0.437 e. The fraction of sp³-hybridized carbons (Fsp3) is 0.259. The lowest BCUT2D eigenvalue weighted by Crippen LogP contribution is -2.24. The van der Waals surface area contributed by atoms with Gasteiger partial charge in [-0.3, -0.25) is 0 Å². The largest absolute Gasteiger partial charge is 0.493 e. The van der Waals surface area contributed by atoms with Gasteiger partial charge < -0.3 is 13.8 Å². The number of oxime groups is 2. The third-order valence-electron chi connectivity index (χ3n) is 5.27. The van der Waals surface area contributed by atoms with Crippen molar-refractivity contribution in [2.75, 3.05) is 20.3 Å². The number of hydrogen-bond donors (Lipinski definition) is 0. The molecule has 0 aliphatic heterocycles. The quantitative estimate of drug-likeness (QED) is 0.0460. The maximum absolute atomic E-state index is 13.6. The van der Waals surface area contributed by atoms with Crippen molar-refractivity contribution in [3.63, 3.8) is 0 Å². The number of ether oxygens (including phenoxy) is 2. The van der Waals surface area contributed by atoms with E-state index in [1.165, 1.54) is 24.3 Å². The molecular weight excluding hydrogens is 635 g/mol. The Morgan fingerprint density at radius 2 is 1.09 bits per heavy atom. The summed E-state index contributed by atoms with van der Waals surface area (Å²) in [5.74, 6) is 0.502. The van der Waals surface area contributed by atoms with Gasteiger partial charge in [0.1, 0.15) is 23.5 Å². The predicted molar refractivity (Wildman–Crippen MR) is 140 cm³/mol. The molecule has 238 valence electrons. The van der Waals surface area contributed by atoms with E-state index in [2.05, 4.69) is 24.5 Å². The Labute approximate surface area is 248 Å². The molecule has 17 heteroatoms. The average molecular weight is 657 g/mol. The Morgan fingerprint density at radius 1 is 0.636 bits per heavy atom. The topological polar surface area (TPSA) is 70.9 Å². The first-order valence-corrected chi connectivity index (χ1v) is 12.9. The van der Waals surface area contributed by atoms with E-state index >= 15 is 0 Å². The van der Waals surface area contributed by atoms with Crippen molar-refractivity contribution in [3.8, 4) is 11.5 Å². The number of benzene rings is 3. The molecule has 44 heavy (non-hydrogen) atoms. The SMILES string of the molecule is COO/N=C(/c1ccc(OCCCOc2ccc(/C(=N/OSc3ccc(C(F)(F)F)cc3)C(F)(F)F)cc2)cc1)C(F)(F)F. The van der Waals surface area contributed by atoms with Crippen molar-refractivity contribution in [2.24, 2.45) is 10.3 Å². The van der Waals surface area contributed by atoms with Crippen molar-refractivity contribution in [1.82, 2.24) is 0 Å². The van der Waals surface area contributed by atoms with Crippen LogP contribution in [0.1, 0.15) is 23.1 Å². The summed E-state index contributed by atoms with van der Waals surface area (Å²) < 4.78 is 134. The fourth-order valence-electron chi connectivity index (χ4n) is 3.27. The first-order valence-electron chi connectivity index (χ1n) is 12.2. The summed E-state index contributed by atoms with van der Waals surface area (Å²) in [5.41, 5.74) is -4.23. The van der Waals surface area contributed by atoms with E-state index < -0.39 is 35.5 Å². The third-order valence-corrected chi connectivity index (χ3v) is 5.88. The molecule has 0 atom stereocenters. The summed E-state index contributed by atoms with van der Waals surface area (Å²) in [6, 6.07) is 13.2. The zero-order valence-corrected chi connectivity index (χ0v) is 23.1. The minimum atomic E-state index is -4.91. The number of rotatable bonds is 13. The molecule has 3 rings (SSSR count). The predicted octanol–water partition coefficient (Wildman–Crippen LogP) is 8.39. The Kier molecular flexibility index (Phi) is 11.8. The molecule has 0 N–H and O–H groups in total. The van der Waals surface area contributed by atoms with Gasteiger partial charge >= 0.3 is 18.5 Å². The van der Waals surface area contributed by atoms with Gasteiger partial charge in [-0.05, 0) is 78.0 Å². The average Bonchev–Trinajstić information content (AvgIpc) is 2.95. The van der Waals surface area contributed by atoms with Crippen molar-refractivity contribution in [2.45, 2.75) is 29.8 Å². The summed E-state index contributed by atoms with van der Waals surface area (Å²) >= 11 is 0.350. The first kappa shape index (κ1) is 34.4. The molecule has 0 radical (unpaired) electrons. The van der Waals surface area contributed by atoms with Crippen molar-refractivity contribution in [3.05, 3.63) is 89.5 Å². The van der Waals surface area contributed by atoms with Crippen LogP contribution in [-0.2, 0) is 20.3 Å². The van der Waals surface area contributed by atoms with Crippen LogP contribution in [0.4, 0.5) is 39.5 Å². The van der Waals surface area contributed by atoms with Crippen LogP contribution >= 0.6 is 12.0 Å². The van der Waals surface area contributed by atoms with Gasteiger partial charge in [-0.15, -0.1) is 0 Å². The minimum Gasteiger partial charge on any atom is -0.493 e. The van der Waals surface area contributed by atoms with Crippen molar-refractivity contribution >= 4 is 23.5 Å². The van der Waals surface area contributed by atoms with E-state index in [9.17, 15) is 39.5 Å². The summed E-state index contributed by atoms with van der Waals surface area (Å²) in [7, 11) is 1.00. The van der Waals surface area contributed by atoms with E-state index in [4.69, 9.17) is 9.47 Å². The Hall–Kier alpha value is -4.12. The van der Waals surface area contributed by atoms with Crippen LogP contribution < -0.4 is 9.47 Å². The van der Waals surface area contributed by atoms with Gasteiger partial charge in [-0.25, -0.2) is 4.99 Å². The Morgan fingerprint density at radius 3 is 1.50 bits per heavy atom. The number of halogens is 9. The monoisotopic (exact) mass is 656 g/mol. The van der Waals surface area contributed by atoms with Gasteiger partial charge in [0.25, 0.3) is 0 Å². The summed E-state index contributed by atoms with van der Waals surface area (Å²) in [5, 5.41) is 6.02. The highest BCUT2D eigenvalue weighted by Crippen LogP contribution is 2.32. The van der Waals surface area contributed by atoms with Crippen LogP contribution in [0.25, 0.3) is 0 Å². The molecule has 7 nitrogen and oxygen atoms in total. The standard InChI is InChI=1S/C27H21F9N2O5S/c1-39-42-37-23(26(31,32)33)17-3-9-20(10-4-17)40-15-2-16-41-21-11-5-18(6-12-21)24(27(34,35)36)38-43-44-22-13-7-19(8-14-22)25(28,29)30/h3-14H,2,15-16H2,1H3/b37-23-,38-24-. The maximum atomic E-state index is 13.6. The van der Waals surface area contributed by atoms with Gasteiger partial charge in [-0.1, -0.05) is 5.16 Å². The van der Waals surface area contributed by atoms with E-state index in [0.717, 1.165) is 55.6 Å². The van der Waals surface area contributed by atoms with Crippen LogP contribution in [0.15, 0.2) is 88.0 Å². The van der Waals surface area contributed by atoms with Crippen molar-refractivity contribution < 1.29 is 63.1 Å². The Bertz CT molecular complexity index is 1390. The molecule has 0 saturated carbocycles. The number of nitrogens with zero attached hydrogens (tertiary/aromatic N) is 2. The molecule has 3 aromatic carbocycles. The van der Waals surface area contributed by atoms with Gasteiger partial charge in [0, 0.05) is 17.5 Å². The molecule has 0 spiro atoms. The van der Waals surface area contributed by atoms with Gasteiger partial charge in [0.05, 0.1) is 30.8 Å². The number of hydrogen-bond acceptors (Lipinski definition) is 8. The van der Waals surface area contributed by atoms with Crippen LogP contribution in [-0.4, -0.2) is 44.1 Å². The first-order chi connectivity index (χ1) is 20.7. The lowest BCUT2D eigenvalue weighted by Gasteiger charge is -2.12. The molecule has 0 aliphatic carbocycles. The van der Waals surface area contributed by atoms with Gasteiger partial charge in [-0.2, -0.15) is 44.4 Å². The summed E-state index contributed by atoms with van der Waals surface area (Å²) in [4.78, 5) is 8.23. The summed E-state index contributed by atoms with van der Waals surface area (Å²) in [6.45, 7) is 0.215. The van der Waals surface area contributed by atoms with Gasteiger partial charge in [0.2, 0.25) is 0 Å². The van der Waals surface area contributed by atoms with Crippen LogP contribution in [0.3, 0.4) is 0 Å². The molecule has 0 aromatic heterocycles. The van der Waals surface area contributed by atoms with Crippen LogP contribution in [0, 0.1) is 0 Å². The fourth-order valence-corrected chi connectivity index (χ4v) is 3.71. The second-order valence-corrected chi connectivity index (χ2v) is 9.18. The van der Waals surface area contributed by atoms with Crippen LogP contribution in [0.5, 0.6) is 11.5 Å². The molecule has 0 saturated heterocycles.